The Bertz CT molecular complexity index is 433. The summed E-state index contributed by atoms with van der Waals surface area (Å²) in [5.41, 5.74) is 0.936. The van der Waals surface area contributed by atoms with Crippen molar-refractivity contribution in [3.05, 3.63) is 22.7 Å². The van der Waals surface area contributed by atoms with Gasteiger partial charge in [0, 0.05) is 17.8 Å². The first-order valence-corrected chi connectivity index (χ1v) is 7.30. The fourth-order valence-electron chi connectivity index (χ4n) is 2.16. The second-order valence-electron chi connectivity index (χ2n) is 4.43. The summed E-state index contributed by atoms with van der Waals surface area (Å²) >= 11 is 8.74. The number of ether oxygens (including phenoxy) is 1. The molecule has 18 heavy (non-hydrogen) atoms. The Kier molecular flexibility index (Phi) is 4.83. The van der Waals surface area contributed by atoms with E-state index < -0.39 is 0 Å². The summed E-state index contributed by atoms with van der Waals surface area (Å²) in [6.07, 6.45) is 5.02. The van der Waals surface area contributed by atoms with Crippen LogP contribution in [0.2, 0.25) is 0 Å². The molecule has 0 spiro atoms. The first-order valence-electron chi connectivity index (χ1n) is 6.10. The molecule has 0 radical (unpaired) electrons. The van der Waals surface area contributed by atoms with Gasteiger partial charge in [-0.15, -0.1) is 0 Å². The van der Waals surface area contributed by atoms with Gasteiger partial charge in [-0.3, -0.25) is 0 Å². The zero-order valence-electron chi connectivity index (χ0n) is 10.3. The van der Waals surface area contributed by atoms with Crippen LogP contribution in [0, 0.1) is 0 Å². The van der Waals surface area contributed by atoms with Crippen LogP contribution in [0.5, 0.6) is 5.75 Å². The van der Waals surface area contributed by atoms with E-state index in [1.807, 2.05) is 18.2 Å². The van der Waals surface area contributed by atoms with E-state index in [9.17, 15) is 0 Å². The molecule has 0 heterocycles. The van der Waals surface area contributed by atoms with Crippen LogP contribution in [0.15, 0.2) is 22.7 Å². The summed E-state index contributed by atoms with van der Waals surface area (Å²) in [6, 6.07) is 6.36. The molecule has 0 aromatic heterocycles. The topological polar surface area (TPSA) is 33.3 Å². The standard InChI is InChI=1S/C13H17BrN2OS/c1-17-12-8-10(6-7-11(12)14)16-13(18)15-9-4-2-3-5-9/h6-9H,2-5H2,1H3,(H2,15,16,18). The number of rotatable bonds is 3. The Morgan fingerprint density at radius 3 is 2.78 bits per heavy atom. The van der Waals surface area contributed by atoms with Gasteiger partial charge in [-0.05, 0) is 53.1 Å². The van der Waals surface area contributed by atoms with Crippen molar-refractivity contribution in [2.75, 3.05) is 12.4 Å². The van der Waals surface area contributed by atoms with Crippen LogP contribution in [0.1, 0.15) is 25.7 Å². The van der Waals surface area contributed by atoms with E-state index in [1.54, 1.807) is 7.11 Å². The lowest BCUT2D eigenvalue weighted by Crippen LogP contribution is -2.35. The molecule has 0 bridgehead atoms. The minimum absolute atomic E-state index is 0.530. The van der Waals surface area contributed by atoms with Gasteiger partial charge in [0.2, 0.25) is 0 Å². The van der Waals surface area contributed by atoms with E-state index in [0.717, 1.165) is 15.9 Å². The number of halogens is 1. The molecular formula is C13H17BrN2OS. The molecule has 2 rings (SSSR count). The van der Waals surface area contributed by atoms with Gasteiger partial charge in [0.05, 0.1) is 11.6 Å². The number of anilines is 1. The van der Waals surface area contributed by atoms with E-state index in [-0.39, 0.29) is 0 Å². The lowest BCUT2D eigenvalue weighted by atomic mass is 10.2. The summed E-state index contributed by atoms with van der Waals surface area (Å²) in [4.78, 5) is 0. The SMILES string of the molecule is COc1cc(NC(=S)NC2CCCC2)ccc1Br. The minimum atomic E-state index is 0.530. The fourth-order valence-corrected chi connectivity index (χ4v) is 2.85. The molecule has 1 saturated carbocycles. The molecule has 1 aliphatic carbocycles. The molecule has 0 aliphatic heterocycles. The first kappa shape index (κ1) is 13.6. The highest BCUT2D eigenvalue weighted by Crippen LogP contribution is 2.27. The highest BCUT2D eigenvalue weighted by Gasteiger charge is 2.15. The van der Waals surface area contributed by atoms with E-state index in [4.69, 9.17) is 17.0 Å². The van der Waals surface area contributed by atoms with Gasteiger partial charge in [-0.1, -0.05) is 12.8 Å². The van der Waals surface area contributed by atoms with Crippen LogP contribution in [-0.4, -0.2) is 18.3 Å². The molecule has 3 nitrogen and oxygen atoms in total. The van der Waals surface area contributed by atoms with Gasteiger partial charge in [-0.2, -0.15) is 0 Å². The number of thiocarbonyl (C=S) groups is 1. The van der Waals surface area contributed by atoms with Crippen LogP contribution in [0.4, 0.5) is 5.69 Å². The third-order valence-electron chi connectivity index (χ3n) is 3.10. The van der Waals surface area contributed by atoms with Gasteiger partial charge >= 0.3 is 0 Å². The van der Waals surface area contributed by atoms with Crippen molar-refractivity contribution < 1.29 is 4.74 Å². The molecule has 0 amide bonds. The summed E-state index contributed by atoms with van der Waals surface area (Å²) in [5.74, 6) is 0.795. The average Bonchev–Trinajstić information content (AvgIpc) is 2.84. The maximum atomic E-state index is 5.31. The largest absolute Gasteiger partial charge is 0.495 e. The van der Waals surface area contributed by atoms with Crippen LogP contribution >= 0.6 is 28.1 Å². The Morgan fingerprint density at radius 2 is 2.11 bits per heavy atom. The van der Waals surface area contributed by atoms with Crippen LogP contribution in [0.25, 0.3) is 0 Å². The Labute approximate surface area is 121 Å². The van der Waals surface area contributed by atoms with Gasteiger partial charge < -0.3 is 15.4 Å². The van der Waals surface area contributed by atoms with Gasteiger partial charge in [-0.25, -0.2) is 0 Å². The molecule has 5 heteroatoms. The Morgan fingerprint density at radius 1 is 1.39 bits per heavy atom. The lowest BCUT2D eigenvalue weighted by molar-refractivity contribution is 0.412. The van der Waals surface area contributed by atoms with Crippen molar-refractivity contribution in [3.63, 3.8) is 0 Å². The van der Waals surface area contributed by atoms with Crippen molar-refractivity contribution in [1.29, 1.82) is 0 Å². The van der Waals surface area contributed by atoms with Crippen molar-refractivity contribution in [2.45, 2.75) is 31.7 Å². The molecule has 1 aliphatic rings. The van der Waals surface area contributed by atoms with E-state index in [1.165, 1.54) is 25.7 Å². The second kappa shape index (κ2) is 6.38. The Hall–Kier alpha value is -0.810. The van der Waals surface area contributed by atoms with E-state index in [0.29, 0.717) is 11.2 Å². The number of hydrogen-bond donors (Lipinski definition) is 2. The molecule has 98 valence electrons. The van der Waals surface area contributed by atoms with Crippen LogP contribution in [-0.2, 0) is 0 Å². The van der Waals surface area contributed by atoms with Crippen molar-refractivity contribution >= 4 is 38.9 Å². The van der Waals surface area contributed by atoms with Gasteiger partial charge in [0.1, 0.15) is 5.75 Å². The van der Waals surface area contributed by atoms with Crippen molar-refractivity contribution in [1.82, 2.24) is 5.32 Å². The lowest BCUT2D eigenvalue weighted by Gasteiger charge is -2.16. The minimum Gasteiger partial charge on any atom is -0.495 e. The summed E-state index contributed by atoms with van der Waals surface area (Å²) < 4.78 is 6.19. The average molecular weight is 329 g/mol. The third-order valence-corrected chi connectivity index (χ3v) is 3.97. The molecule has 0 saturated heterocycles. The highest BCUT2D eigenvalue weighted by atomic mass is 79.9. The molecule has 1 aromatic rings. The number of methoxy groups -OCH3 is 1. The summed E-state index contributed by atoms with van der Waals surface area (Å²) in [5, 5.41) is 7.22. The smallest absolute Gasteiger partial charge is 0.170 e. The molecule has 1 fully saturated rings. The molecule has 1 aromatic carbocycles. The van der Waals surface area contributed by atoms with E-state index >= 15 is 0 Å². The van der Waals surface area contributed by atoms with Crippen molar-refractivity contribution in [3.8, 4) is 5.75 Å². The second-order valence-corrected chi connectivity index (χ2v) is 5.69. The summed E-state index contributed by atoms with van der Waals surface area (Å²) in [6.45, 7) is 0. The quantitative estimate of drug-likeness (QED) is 0.829. The summed E-state index contributed by atoms with van der Waals surface area (Å²) in [7, 11) is 1.65. The van der Waals surface area contributed by atoms with Crippen LogP contribution in [0.3, 0.4) is 0 Å². The van der Waals surface area contributed by atoms with Gasteiger partial charge in [0.15, 0.2) is 5.11 Å². The molecule has 2 N–H and O–H groups in total. The molecular weight excluding hydrogens is 312 g/mol. The Balaban J connectivity index is 1.93. The fraction of sp³-hybridized carbons (Fsp3) is 0.462. The number of benzene rings is 1. The third kappa shape index (κ3) is 3.59. The highest BCUT2D eigenvalue weighted by molar-refractivity contribution is 9.10. The monoisotopic (exact) mass is 328 g/mol. The van der Waals surface area contributed by atoms with Crippen molar-refractivity contribution in [2.24, 2.45) is 0 Å². The predicted molar refractivity (Wildman–Crippen MR) is 82.3 cm³/mol. The van der Waals surface area contributed by atoms with Crippen LogP contribution < -0.4 is 15.4 Å². The predicted octanol–water partition coefficient (Wildman–Crippen LogP) is 3.69. The maximum Gasteiger partial charge on any atom is 0.170 e. The number of hydrogen-bond acceptors (Lipinski definition) is 2. The molecule has 0 unspecified atom stereocenters. The zero-order chi connectivity index (χ0) is 13.0. The number of nitrogens with one attached hydrogen (secondary N) is 2. The zero-order valence-corrected chi connectivity index (χ0v) is 12.7. The maximum absolute atomic E-state index is 5.31. The molecule has 0 atom stereocenters. The normalized spacial score (nSPS) is 15.4. The first-order chi connectivity index (χ1) is 8.69. The van der Waals surface area contributed by atoms with Gasteiger partial charge in [0.25, 0.3) is 0 Å². The van der Waals surface area contributed by atoms with E-state index in [2.05, 4.69) is 26.6 Å².